The van der Waals surface area contributed by atoms with Crippen LogP contribution in [0.5, 0.6) is 0 Å². The molecule has 1 aromatic heterocycles. The number of nitrogens with zero attached hydrogens (tertiary/aromatic N) is 1. The lowest BCUT2D eigenvalue weighted by Crippen LogP contribution is -2.36. The smallest absolute Gasteiger partial charge is 0.408 e. The zero-order chi connectivity index (χ0) is 13.1. The third-order valence-electron chi connectivity index (χ3n) is 2.47. The average Bonchev–Trinajstić information content (AvgIpc) is 2.64. The minimum Gasteiger partial charge on any atom is -0.408 e. The molecule has 1 amide bonds. The zero-order valence-electron chi connectivity index (χ0n) is 10.3. The van der Waals surface area contributed by atoms with Gasteiger partial charge in [0.2, 0.25) is 5.91 Å². The molecule has 0 aliphatic carbocycles. The molecule has 0 spiro atoms. The van der Waals surface area contributed by atoms with Gasteiger partial charge >= 0.3 is 5.76 Å². The van der Waals surface area contributed by atoms with Crippen LogP contribution in [0.1, 0.15) is 12.0 Å². The summed E-state index contributed by atoms with van der Waals surface area (Å²) >= 11 is 0. The van der Waals surface area contributed by atoms with Gasteiger partial charge in [-0.25, -0.2) is 9.80 Å². The first-order chi connectivity index (χ1) is 8.54. The maximum absolute atomic E-state index is 11.5. The summed E-state index contributed by atoms with van der Waals surface area (Å²) in [5, 5.41) is 1.61. The van der Waals surface area contributed by atoms with Crippen LogP contribution < -0.4 is 11.2 Å². The number of rotatable bonds is 4. The van der Waals surface area contributed by atoms with Crippen molar-refractivity contribution in [3.63, 3.8) is 0 Å². The number of aromatic amines is 1. The fraction of sp³-hybridized carbons (Fsp3) is 0.333. The van der Waals surface area contributed by atoms with Gasteiger partial charge in [-0.05, 0) is 24.1 Å². The van der Waals surface area contributed by atoms with Crippen LogP contribution in [0.4, 0.5) is 0 Å². The zero-order valence-corrected chi connectivity index (χ0v) is 10.3. The molecule has 96 valence electrons. The van der Waals surface area contributed by atoms with Gasteiger partial charge in [-0.2, -0.15) is 0 Å². The molecule has 0 saturated carbocycles. The Morgan fingerprint density at radius 2 is 2.22 bits per heavy atom. The molecule has 6 heteroatoms. The van der Waals surface area contributed by atoms with Crippen molar-refractivity contribution < 1.29 is 9.21 Å². The van der Waals surface area contributed by atoms with Crippen LogP contribution in [0, 0.1) is 0 Å². The van der Waals surface area contributed by atoms with Crippen molar-refractivity contribution >= 4 is 17.0 Å². The summed E-state index contributed by atoms with van der Waals surface area (Å²) in [5.41, 5.74) is 4.84. The quantitative estimate of drug-likeness (QED) is 0.780. The third kappa shape index (κ3) is 2.98. The molecule has 1 aromatic carbocycles. The van der Waals surface area contributed by atoms with Gasteiger partial charge in [0.1, 0.15) is 0 Å². The van der Waals surface area contributed by atoms with Gasteiger partial charge in [0.05, 0.1) is 5.52 Å². The first-order valence-corrected chi connectivity index (χ1v) is 5.63. The van der Waals surface area contributed by atoms with E-state index in [-0.39, 0.29) is 5.91 Å². The largest absolute Gasteiger partial charge is 0.417 e. The van der Waals surface area contributed by atoms with Crippen LogP contribution in [-0.4, -0.2) is 30.0 Å². The molecule has 2 N–H and O–H groups in total. The van der Waals surface area contributed by atoms with Gasteiger partial charge in [-0.15, -0.1) is 0 Å². The number of hydrogen-bond donors (Lipinski definition) is 2. The summed E-state index contributed by atoms with van der Waals surface area (Å²) in [4.78, 5) is 25.0. The number of aryl methyl sites for hydroxylation is 1. The Bertz CT molecular complexity index is 612. The van der Waals surface area contributed by atoms with E-state index in [2.05, 4.69) is 10.4 Å². The normalized spacial score (nSPS) is 11.1. The lowest BCUT2D eigenvalue weighted by Gasteiger charge is -2.11. The number of benzene rings is 1. The van der Waals surface area contributed by atoms with E-state index in [1.807, 2.05) is 12.1 Å². The minimum absolute atomic E-state index is 0.0409. The van der Waals surface area contributed by atoms with Crippen molar-refractivity contribution in [2.75, 3.05) is 14.1 Å². The third-order valence-corrected chi connectivity index (χ3v) is 2.47. The molecule has 0 atom stereocenters. The van der Waals surface area contributed by atoms with Gasteiger partial charge in [0, 0.05) is 20.5 Å². The molecule has 0 radical (unpaired) electrons. The van der Waals surface area contributed by atoms with Crippen molar-refractivity contribution in [2.45, 2.75) is 12.8 Å². The Morgan fingerprint density at radius 3 is 2.94 bits per heavy atom. The Hall–Kier alpha value is -2.08. The van der Waals surface area contributed by atoms with E-state index < -0.39 is 5.76 Å². The lowest BCUT2D eigenvalue weighted by molar-refractivity contribution is -0.124. The highest BCUT2D eigenvalue weighted by Gasteiger charge is 2.05. The second kappa shape index (κ2) is 5.05. The SMILES string of the molecule is CN(C)NC(=O)CCc1ccc2oc(=O)[nH]c2c1. The van der Waals surface area contributed by atoms with Gasteiger partial charge in [-0.1, -0.05) is 6.07 Å². The van der Waals surface area contributed by atoms with Gasteiger partial charge in [0.25, 0.3) is 0 Å². The Balaban J connectivity index is 2.03. The average molecular weight is 249 g/mol. The van der Waals surface area contributed by atoms with E-state index in [0.29, 0.717) is 23.9 Å². The number of oxazole rings is 1. The summed E-state index contributed by atoms with van der Waals surface area (Å²) in [6.07, 6.45) is 1.01. The van der Waals surface area contributed by atoms with Crippen LogP contribution in [0.15, 0.2) is 27.4 Å². The van der Waals surface area contributed by atoms with Crippen molar-refractivity contribution in [2.24, 2.45) is 0 Å². The Labute approximate surface area is 104 Å². The molecule has 2 aromatic rings. The summed E-state index contributed by atoms with van der Waals surface area (Å²) < 4.78 is 4.90. The fourth-order valence-electron chi connectivity index (χ4n) is 1.72. The van der Waals surface area contributed by atoms with Crippen LogP contribution in [0.2, 0.25) is 0 Å². The van der Waals surface area contributed by atoms with Gasteiger partial charge in [0.15, 0.2) is 5.58 Å². The summed E-state index contributed by atoms with van der Waals surface area (Å²) in [5.74, 6) is -0.506. The minimum atomic E-state index is -0.465. The van der Waals surface area contributed by atoms with Crippen molar-refractivity contribution in [1.82, 2.24) is 15.4 Å². The van der Waals surface area contributed by atoms with Gasteiger partial charge < -0.3 is 4.42 Å². The van der Waals surface area contributed by atoms with Crippen LogP contribution in [-0.2, 0) is 11.2 Å². The molecule has 1 heterocycles. The Morgan fingerprint density at radius 1 is 1.44 bits per heavy atom. The molecule has 0 aliphatic rings. The first-order valence-electron chi connectivity index (χ1n) is 5.63. The monoisotopic (exact) mass is 249 g/mol. The molecule has 2 rings (SSSR count). The molecule has 0 bridgehead atoms. The number of fused-ring (bicyclic) bond motifs is 1. The molecule has 0 saturated heterocycles. The number of carbonyl (C=O) groups excluding carboxylic acids is 1. The van der Waals surface area contributed by atoms with Gasteiger partial charge in [-0.3, -0.25) is 15.2 Å². The Kier molecular flexibility index (Phi) is 3.47. The number of hydrazine groups is 1. The maximum Gasteiger partial charge on any atom is 0.417 e. The maximum atomic E-state index is 11.5. The van der Waals surface area contributed by atoms with E-state index >= 15 is 0 Å². The molecular weight excluding hydrogens is 234 g/mol. The van der Waals surface area contributed by atoms with E-state index in [4.69, 9.17) is 4.42 Å². The second-order valence-electron chi connectivity index (χ2n) is 4.27. The van der Waals surface area contributed by atoms with Crippen molar-refractivity contribution in [1.29, 1.82) is 0 Å². The first kappa shape index (κ1) is 12.4. The standard InChI is InChI=1S/C12H15N3O3/c1-15(2)14-11(16)6-4-8-3-5-10-9(7-8)13-12(17)18-10/h3,5,7H,4,6H2,1-2H3,(H,13,17)(H,14,16). The summed E-state index contributed by atoms with van der Waals surface area (Å²) in [6.45, 7) is 0. The van der Waals surface area contributed by atoms with E-state index in [9.17, 15) is 9.59 Å². The number of H-pyrrole nitrogens is 1. The number of carbonyl (C=O) groups is 1. The molecule has 6 nitrogen and oxygen atoms in total. The lowest BCUT2D eigenvalue weighted by atomic mass is 10.1. The highest BCUT2D eigenvalue weighted by atomic mass is 16.4. The van der Waals surface area contributed by atoms with Crippen LogP contribution in [0.3, 0.4) is 0 Å². The second-order valence-corrected chi connectivity index (χ2v) is 4.27. The van der Waals surface area contributed by atoms with Crippen molar-refractivity contribution in [3.8, 4) is 0 Å². The van der Waals surface area contributed by atoms with E-state index in [1.165, 1.54) is 0 Å². The van der Waals surface area contributed by atoms with Crippen LogP contribution >= 0.6 is 0 Å². The molecular formula is C12H15N3O3. The topological polar surface area (TPSA) is 78.3 Å². The number of hydrogen-bond acceptors (Lipinski definition) is 4. The molecule has 18 heavy (non-hydrogen) atoms. The van der Waals surface area contributed by atoms with E-state index in [1.54, 1.807) is 25.2 Å². The highest BCUT2D eigenvalue weighted by Crippen LogP contribution is 2.13. The number of nitrogens with one attached hydrogen (secondary N) is 2. The van der Waals surface area contributed by atoms with Crippen LogP contribution in [0.25, 0.3) is 11.1 Å². The molecule has 0 unspecified atom stereocenters. The predicted octanol–water partition coefficient (Wildman–Crippen LogP) is 0.646. The van der Waals surface area contributed by atoms with Crippen molar-refractivity contribution in [3.05, 3.63) is 34.3 Å². The summed E-state index contributed by atoms with van der Waals surface area (Å²) in [7, 11) is 3.53. The number of amides is 1. The molecule has 0 fully saturated rings. The number of aromatic nitrogens is 1. The predicted molar refractivity (Wildman–Crippen MR) is 67.0 cm³/mol. The molecule has 0 aliphatic heterocycles. The fourth-order valence-corrected chi connectivity index (χ4v) is 1.72. The summed E-state index contributed by atoms with van der Waals surface area (Å²) in [6, 6.07) is 5.40. The van der Waals surface area contributed by atoms with E-state index in [0.717, 1.165) is 5.56 Å². The highest BCUT2D eigenvalue weighted by molar-refractivity contribution is 5.76.